The highest BCUT2D eigenvalue weighted by molar-refractivity contribution is 4.69. The molecule has 0 radical (unpaired) electrons. The third kappa shape index (κ3) is 5.50. The second kappa shape index (κ2) is 7.20. The van der Waals surface area contributed by atoms with Crippen molar-refractivity contribution in [1.29, 1.82) is 0 Å². The van der Waals surface area contributed by atoms with Crippen LogP contribution in [0.5, 0.6) is 0 Å². The minimum atomic E-state index is 0.390. The fourth-order valence-corrected chi connectivity index (χ4v) is 2.05. The van der Waals surface area contributed by atoms with Crippen molar-refractivity contribution in [2.24, 2.45) is 5.73 Å². The smallest absolute Gasteiger partial charge is 0.0702 e. The summed E-state index contributed by atoms with van der Waals surface area (Å²) < 4.78 is 5.61. The predicted octanol–water partition coefficient (Wildman–Crippen LogP) is 1.61. The third-order valence-electron chi connectivity index (χ3n) is 3.18. The first-order chi connectivity index (χ1) is 7.22. The van der Waals surface area contributed by atoms with Crippen LogP contribution in [0.1, 0.15) is 39.0 Å². The summed E-state index contributed by atoms with van der Waals surface area (Å²) in [7, 11) is 2.18. The molecule has 1 heterocycles. The van der Waals surface area contributed by atoms with Crippen LogP contribution >= 0.6 is 0 Å². The molecule has 0 aliphatic carbocycles. The molecule has 15 heavy (non-hydrogen) atoms. The second-order valence-electron chi connectivity index (χ2n) is 4.71. The third-order valence-corrected chi connectivity index (χ3v) is 3.18. The maximum absolute atomic E-state index is 5.88. The lowest BCUT2D eigenvalue weighted by molar-refractivity contribution is 0.0806. The van der Waals surface area contributed by atoms with Crippen LogP contribution in [0.25, 0.3) is 0 Å². The summed E-state index contributed by atoms with van der Waals surface area (Å²) in [5.41, 5.74) is 5.88. The van der Waals surface area contributed by atoms with Gasteiger partial charge in [0.2, 0.25) is 0 Å². The number of nitrogens with two attached hydrogens (primary N) is 1. The minimum Gasteiger partial charge on any atom is -0.377 e. The quantitative estimate of drug-likeness (QED) is 0.700. The summed E-state index contributed by atoms with van der Waals surface area (Å²) in [5, 5.41) is 0. The monoisotopic (exact) mass is 214 g/mol. The lowest BCUT2D eigenvalue weighted by atomic mass is 10.1. The van der Waals surface area contributed by atoms with Crippen molar-refractivity contribution in [3.05, 3.63) is 0 Å². The van der Waals surface area contributed by atoms with Crippen LogP contribution in [0.4, 0.5) is 0 Å². The molecule has 0 aromatic rings. The zero-order valence-corrected chi connectivity index (χ0v) is 10.2. The Labute approximate surface area is 94.0 Å². The van der Waals surface area contributed by atoms with Gasteiger partial charge in [0.25, 0.3) is 0 Å². The van der Waals surface area contributed by atoms with Gasteiger partial charge in [-0.2, -0.15) is 0 Å². The van der Waals surface area contributed by atoms with Crippen molar-refractivity contribution in [3.8, 4) is 0 Å². The maximum Gasteiger partial charge on any atom is 0.0702 e. The molecule has 90 valence electrons. The molecule has 1 aliphatic heterocycles. The van der Waals surface area contributed by atoms with Gasteiger partial charge in [-0.1, -0.05) is 6.92 Å². The Morgan fingerprint density at radius 2 is 2.33 bits per heavy atom. The van der Waals surface area contributed by atoms with Gasteiger partial charge in [-0.3, -0.25) is 0 Å². The lowest BCUT2D eigenvalue weighted by Gasteiger charge is -2.20. The highest BCUT2D eigenvalue weighted by Gasteiger charge is 2.16. The largest absolute Gasteiger partial charge is 0.377 e. The highest BCUT2D eigenvalue weighted by atomic mass is 16.5. The van der Waals surface area contributed by atoms with Crippen molar-refractivity contribution in [3.63, 3.8) is 0 Å². The van der Waals surface area contributed by atoms with Crippen LogP contribution in [-0.4, -0.2) is 43.8 Å². The standard InChI is InChI=1S/C12H26N2O/c1-3-11(13)6-4-8-14(2)10-12-7-5-9-15-12/h11-12H,3-10,13H2,1-2H3. The van der Waals surface area contributed by atoms with E-state index in [2.05, 4.69) is 18.9 Å². The molecule has 1 saturated heterocycles. The molecular weight excluding hydrogens is 188 g/mol. The minimum absolute atomic E-state index is 0.390. The number of nitrogens with zero attached hydrogens (tertiary/aromatic N) is 1. The molecule has 2 N–H and O–H groups in total. The molecule has 3 heteroatoms. The van der Waals surface area contributed by atoms with Crippen LogP contribution in [0, 0.1) is 0 Å². The first kappa shape index (κ1) is 12.9. The van der Waals surface area contributed by atoms with Crippen LogP contribution in [-0.2, 0) is 4.74 Å². The van der Waals surface area contributed by atoms with E-state index >= 15 is 0 Å². The zero-order valence-electron chi connectivity index (χ0n) is 10.2. The predicted molar refractivity (Wildman–Crippen MR) is 64.0 cm³/mol. The van der Waals surface area contributed by atoms with Gasteiger partial charge in [0.1, 0.15) is 0 Å². The van der Waals surface area contributed by atoms with E-state index in [1.807, 2.05) is 0 Å². The molecule has 0 saturated carbocycles. The molecule has 1 aliphatic rings. The Bertz CT molecular complexity index is 158. The molecule has 0 bridgehead atoms. The van der Waals surface area contributed by atoms with E-state index in [0.29, 0.717) is 12.1 Å². The van der Waals surface area contributed by atoms with Crippen molar-refractivity contribution < 1.29 is 4.74 Å². The summed E-state index contributed by atoms with van der Waals surface area (Å²) >= 11 is 0. The molecule has 2 unspecified atom stereocenters. The number of ether oxygens (including phenoxy) is 1. The molecule has 0 aromatic carbocycles. The van der Waals surface area contributed by atoms with E-state index in [1.165, 1.54) is 19.3 Å². The van der Waals surface area contributed by atoms with Gasteiger partial charge in [0.05, 0.1) is 6.10 Å². The Kier molecular flexibility index (Phi) is 6.22. The van der Waals surface area contributed by atoms with E-state index in [1.54, 1.807) is 0 Å². The van der Waals surface area contributed by atoms with E-state index in [0.717, 1.165) is 32.5 Å². The van der Waals surface area contributed by atoms with Crippen LogP contribution in [0.2, 0.25) is 0 Å². The van der Waals surface area contributed by atoms with Crippen molar-refractivity contribution >= 4 is 0 Å². The summed E-state index contributed by atoms with van der Waals surface area (Å²) in [6.45, 7) is 5.34. The lowest BCUT2D eigenvalue weighted by Crippen LogP contribution is -2.30. The Morgan fingerprint density at radius 3 is 2.93 bits per heavy atom. The Morgan fingerprint density at radius 1 is 1.53 bits per heavy atom. The molecule has 1 rings (SSSR count). The number of likely N-dealkylation sites (N-methyl/N-ethyl adjacent to an activating group) is 1. The zero-order chi connectivity index (χ0) is 11.1. The van der Waals surface area contributed by atoms with Gasteiger partial charge >= 0.3 is 0 Å². The molecule has 2 atom stereocenters. The number of hydrogen-bond acceptors (Lipinski definition) is 3. The SMILES string of the molecule is CCC(N)CCCN(C)CC1CCCO1. The van der Waals surface area contributed by atoms with E-state index in [-0.39, 0.29) is 0 Å². The first-order valence-electron chi connectivity index (χ1n) is 6.28. The van der Waals surface area contributed by atoms with Crippen LogP contribution in [0.3, 0.4) is 0 Å². The summed E-state index contributed by atoms with van der Waals surface area (Å²) in [6.07, 6.45) is 6.40. The Balaban J connectivity index is 2.00. The van der Waals surface area contributed by atoms with E-state index in [4.69, 9.17) is 10.5 Å². The van der Waals surface area contributed by atoms with Gasteiger partial charge in [-0.15, -0.1) is 0 Å². The van der Waals surface area contributed by atoms with Gasteiger partial charge < -0.3 is 15.4 Å². The Hall–Kier alpha value is -0.120. The molecule has 1 fully saturated rings. The van der Waals surface area contributed by atoms with Gasteiger partial charge in [0.15, 0.2) is 0 Å². The fourth-order valence-electron chi connectivity index (χ4n) is 2.05. The molecular formula is C12H26N2O. The van der Waals surface area contributed by atoms with Crippen LogP contribution < -0.4 is 5.73 Å². The van der Waals surface area contributed by atoms with Crippen molar-refractivity contribution in [2.45, 2.75) is 51.2 Å². The van der Waals surface area contributed by atoms with Crippen LogP contribution in [0.15, 0.2) is 0 Å². The van der Waals surface area contributed by atoms with Crippen molar-refractivity contribution in [1.82, 2.24) is 4.90 Å². The molecule has 0 spiro atoms. The fraction of sp³-hybridized carbons (Fsp3) is 1.00. The van der Waals surface area contributed by atoms with Gasteiger partial charge in [-0.25, -0.2) is 0 Å². The summed E-state index contributed by atoms with van der Waals surface area (Å²) in [6, 6.07) is 0.390. The van der Waals surface area contributed by atoms with Crippen molar-refractivity contribution in [2.75, 3.05) is 26.7 Å². The number of rotatable bonds is 7. The molecule has 3 nitrogen and oxygen atoms in total. The summed E-state index contributed by atoms with van der Waals surface area (Å²) in [4.78, 5) is 2.37. The van der Waals surface area contributed by atoms with E-state index < -0.39 is 0 Å². The average Bonchev–Trinajstić information content (AvgIpc) is 2.70. The van der Waals surface area contributed by atoms with Gasteiger partial charge in [-0.05, 0) is 45.7 Å². The van der Waals surface area contributed by atoms with E-state index in [9.17, 15) is 0 Å². The second-order valence-corrected chi connectivity index (χ2v) is 4.71. The highest BCUT2D eigenvalue weighted by Crippen LogP contribution is 2.13. The molecule has 0 aromatic heterocycles. The maximum atomic E-state index is 5.88. The topological polar surface area (TPSA) is 38.5 Å². The molecule has 0 amide bonds. The normalized spacial score (nSPS) is 23.6. The average molecular weight is 214 g/mol. The summed E-state index contributed by atoms with van der Waals surface area (Å²) in [5.74, 6) is 0. The first-order valence-corrected chi connectivity index (χ1v) is 6.28. The van der Waals surface area contributed by atoms with Gasteiger partial charge in [0, 0.05) is 19.2 Å². The number of hydrogen-bond donors (Lipinski definition) is 1.